The highest BCUT2D eigenvalue weighted by Gasteiger charge is 2.29. The number of rotatable bonds is 5. The Morgan fingerprint density at radius 1 is 1.34 bits per heavy atom. The fourth-order valence-electron chi connectivity index (χ4n) is 3.43. The molecule has 4 rings (SSSR count). The monoisotopic (exact) mass is 450 g/mol. The van der Waals surface area contributed by atoms with Crippen LogP contribution in [0.2, 0.25) is 10.0 Å². The first kappa shape index (κ1) is 20.4. The number of anilines is 1. The molecule has 0 bridgehead atoms. The van der Waals surface area contributed by atoms with Crippen molar-refractivity contribution in [2.45, 2.75) is 25.9 Å². The van der Waals surface area contributed by atoms with Gasteiger partial charge in [-0.2, -0.15) is 0 Å². The second kappa shape index (κ2) is 8.48. The van der Waals surface area contributed by atoms with Gasteiger partial charge in [-0.1, -0.05) is 40.6 Å². The van der Waals surface area contributed by atoms with E-state index < -0.39 is 0 Å². The fraction of sp³-hybridized carbons (Fsp3) is 0.333. The molecule has 2 aromatic carbocycles. The van der Waals surface area contributed by atoms with Crippen molar-refractivity contribution in [3.8, 4) is 5.75 Å². The van der Waals surface area contributed by atoms with E-state index in [1.165, 1.54) is 11.3 Å². The number of aryl methyl sites for hydroxylation is 1. The maximum atomic E-state index is 13.5. The number of ether oxygens (including phenoxy) is 2. The van der Waals surface area contributed by atoms with E-state index in [1.54, 1.807) is 30.2 Å². The number of carbonyl (C=O) groups excluding carboxylic acids is 1. The lowest BCUT2D eigenvalue weighted by Gasteiger charge is -2.23. The summed E-state index contributed by atoms with van der Waals surface area (Å²) in [6, 6.07) is 8.77. The summed E-state index contributed by atoms with van der Waals surface area (Å²) >= 11 is 13.9. The van der Waals surface area contributed by atoms with Crippen LogP contribution in [0.1, 0.15) is 28.8 Å². The summed E-state index contributed by atoms with van der Waals surface area (Å²) in [7, 11) is 1.62. The van der Waals surface area contributed by atoms with Crippen LogP contribution in [0.3, 0.4) is 0 Å². The highest BCUT2D eigenvalue weighted by molar-refractivity contribution is 7.22. The Balaban J connectivity index is 1.80. The molecular formula is C21H20Cl2N2O3S. The molecule has 1 aromatic heterocycles. The standard InChI is InChI=1S/C21H20Cl2N2O3S/c1-12-5-8-17(27-2)18-19(12)29-21(24-18)25(11-14-4-3-9-28-14)20(26)15-10-13(22)6-7-16(15)23/h5-8,10,14H,3-4,9,11H2,1-2H3. The molecule has 1 amide bonds. The number of fused-ring (bicyclic) bond motifs is 1. The van der Waals surface area contributed by atoms with Crippen molar-refractivity contribution in [1.29, 1.82) is 0 Å². The van der Waals surface area contributed by atoms with Crippen LogP contribution in [0, 0.1) is 6.92 Å². The van der Waals surface area contributed by atoms with Crippen LogP contribution in [0.5, 0.6) is 5.75 Å². The number of benzene rings is 2. The molecule has 1 atom stereocenters. The van der Waals surface area contributed by atoms with Crippen molar-refractivity contribution in [3.63, 3.8) is 0 Å². The highest BCUT2D eigenvalue weighted by Crippen LogP contribution is 2.37. The molecule has 2 heterocycles. The van der Waals surface area contributed by atoms with Gasteiger partial charge >= 0.3 is 0 Å². The Bertz CT molecular complexity index is 1060. The first-order valence-electron chi connectivity index (χ1n) is 9.30. The number of hydrogen-bond acceptors (Lipinski definition) is 5. The van der Waals surface area contributed by atoms with E-state index in [1.807, 2.05) is 19.1 Å². The summed E-state index contributed by atoms with van der Waals surface area (Å²) in [5.74, 6) is 0.432. The van der Waals surface area contributed by atoms with Gasteiger partial charge in [0.25, 0.3) is 5.91 Å². The van der Waals surface area contributed by atoms with Gasteiger partial charge in [0.1, 0.15) is 11.3 Å². The highest BCUT2D eigenvalue weighted by atomic mass is 35.5. The molecule has 1 aliphatic rings. The maximum absolute atomic E-state index is 13.5. The maximum Gasteiger partial charge on any atom is 0.261 e. The Hall–Kier alpha value is -1.86. The predicted octanol–water partition coefficient (Wildman–Crippen LogP) is 5.75. The third-order valence-electron chi connectivity index (χ3n) is 4.96. The molecule has 5 nitrogen and oxygen atoms in total. The molecule has 1 aliphatic heterocycles. The zero-order valence-electron chi connectivity index (χ0n) is 16.1. The number of halogens is 2. The largest absolute Gasteiger partial charge is 0.494 e. The van der Waals surface area contributed by atoms with Crippen LogP contribution < -0.4 is 9.64 Å². The van der Waals surface area contributed by atoms with E-state index >= 15 is 0 Å². The topological polar surface area (TPSA) is 51.7 Å². The summed E-state index contributed by atoms with van der Waals surface area (Å²) in [6.07, 6.45) is 1.85. The van der Waals surface area contributed by atoms with Crippen LogP contribution in [-0.4, -0.2) is 37.3 Å². The van der Waals surface area contributed by atoms with Gasteiger partial charge in [0.15, 0.2) is 5.13 Å². The van der Waals surface area contributed by atoms with Crippen molar-refractivity contribution in [2.75, 3.05) is 25.2 Å². The summed E-state index contributed by atoms with van der Waals surface area (Å²) in [5, 5.41) is 1.40. The second-order valence-electron chi connectivity index (χ2n) is 6.93. The summed E-state index contributed by atoms with van der Waals surface area (Å²) in [6.45, 7) is 3.13. The Morgan fingerprint density at radius 3 is 2.90 bits per heavy atom. The van der Waals surface area contributed by atoms with Crippen molar-refractivity contribution in [2.24, 2.45) is 0 Å². The minimum absolute atomic E-state index is 0.0353. The van der Waals surface area contributed by atoms with Gasteiger partial charge in [0, 0.05) is 11.6 Å². The molecule has 1 unspecified atom stereocenters. The molecule has 0 spiro atoms. The third kappa shape index (κ3) is 4.08. The smallest absolute Gasteiger partial charge is 0.261 e. The second-order valence-corrected chi connectivity index (χ2v) is 8.76. The first-order chi connectivity index (χ1) is 14.0. The lowest BCUT2D eigenvalue weighted by atomic mass is 10.1. The number of hydrogen-bond donors (Lipinski definition) is 0. The molecule has 3 aromatic rings. The van der Waals surface area contributed by atoms with Gasteiger partial charge in [0.05, 0.1) is 35.0 Å². The van der Waals surface area contributed by atoms with Gasteiger partial charge in [-0.05, 0) is 49.6 Å². The molecule has 8 heteroatoms. The molecular weight excluding hydrogens is 431 g/mol. The zero-order valence-corrected chi connectivity index (χ0v) is 18.4. The number of thiazole rings is 1. The van der Waals surface area contributed by atoms with Crippen molar-refractivity contribution >= 4 is 55.8 Å². The molecule has 29 heavy (non-hydrogen) atoms. The molecule has 0 N–H and O–H groups in total. The average molecular weight is 451 g/mol. The van der Waals surface area contributed by atoms with Crippen LogP contribution >= 0.6 is 34.5 Å². The summed E-state index contributed by atoms with van der Waals surface area (Å²) < 4.78 is 12.2. The van der Waals surface area contributed by atoms with Crippen LogP contribution in [-0.2, 0) is 4.74 Å². The van der Waals surface area contributed by atoms with Gasteiger partial charge in [-0.25, -0.2) is 4.98 Å². The van der Waals surface area contributed by atoms with Crippen LogP contribution in [0.15, 0.2) is 30.3 Å². The SMILES string of the molecule is COc1ccc(C)c2sc(N(CC3CCCO3)C(=O)c3cc(Cl)ccc3Cl)nc12. The molecule has 1 fully saturated rings. The van der Waals surface area contributed by atoms with E-state index in [2.05, 4.69) is 0 Å². The quantitative estimate of drug-likeness (QED) is 0.496. The minimum atomic E-state index is -0.247. The summed E-state index contributed by atoms with van der Waals surface area (Å²) in [5.41, 5.74) is 2.17. The normalized spacial score (nSPS) is 16.3. The van der Waals surface area contributed by atoms with E-state index in [0.29, 0.717) is 39.6 Å². The Morgan fingerprint density at radius 2 is 2.17 bits per heavy atom. The van der Waals surface area contributed by atoms with Crippen molar-refractivity contribution in [3.05, 3.63) is 51.5 Å². The van der Waals surface area contributed by atoms with E-state index in [9.17, 15) is 4.79 Å². The number of amides is 1. The Kier molecular flexibility index (Phi) is 5.97. The van der Waals surface area contributed by atoms with Gasteiger partial charge in [-0.3, -0.25) is 9.69 Å². The third-order valence-corrected chi connectivity index (χ3v) is 6.74. The fourth-order valence-corrected chi connectivity index (χ4v) is 4.85. The first-order valence-corrected chi connectivity index (χ1v) is 10.9. The minimum Gasteiger partial charge on any atom is -0.494 e. The molecule has 0 saturated carbocycles. The van der Waals surface area contributed by atoms with Gasteiger partial charge < -0.3 is 9.47 Å². The lowest BCUT2D eigenvalue weighted by Crippen LogP contribution is -2.37. The van der Waals surface area contributed by atoms with E-state index in [4.69, 9.17) is 37.7 Å². The van der Waals surface area contributed by atoms with Crippen molar-refractivity contribution in [1.82, 2.24) is 4.98 Å². The summed E-state index contributed by atoms with van der Waals surface area (Å²) in [4.78, 5) is 19.9. The lowest BCUT2D eigenvalue weighted by molar-refractivity contribution is 0.0917. The van der Waals surface area contributed by atoms with E-state index in [0.717, 1.165) is 28.6 Å². The number of nitrogens with zero attached hydrogens (tertiary/aromatic N) is 2. The molecule has 152 valence electrons. The number of aromatic nitrogens is 1. The molecule has 1 saturated heterocycles. The Labute approximate surface area is 183 Å². The van der Waals surface area contributed by atoms with Crippen LogP contribution in [0.25, 0.3) is 10.2 Å². The predicted molar refractivity (Wildman–Crippen MR) is 118 cm³/mol. The molecule has 0 radical (unpaired) electrons. The zero-order chi connectivity index (χ0) is 20.5. The van der Waals surface area contributed by atoms with Crippen molar-refractivity contribution < 1.29 is 14.3 Å². The molecule has 0 aliphatic carbocycles. The van der Waals surface area contributed by atoms with Crippen LogP contribution in [0.4, 0.5) is 5.13 Å². The van der Waals surface area contributed by atoms with E-state index in [-0.39, 0.29) is 12.0 Å². The van der Waals surface area contributed by atoms with Gasteiger partial charge in [0.2, 0.25) is 0 Å². The van der Waals surface area contributed by atoms with Gasteiger partial charge in [-0.15, -0.1) is 0 Å². The number of methoxy groups -OCH3 is 1. The number of carbonyl (C=O) groups is 1. The average Bonchev–Trinajstić information content (AvgIpc) is 3.38.